The number of benzene rings is 1. The summed E-state index contributed by atoms with van der Waals surface area (Å²) in [6.45, 7) is 0. The molecular formula is C9H3Cl2N2O. The van der Waals surface area contributed by atoms with Crippen molar-refractivity contribution in [2.75, 3.05) is 0 Å². The normalized spacial score (nSPS) is 10.4. The van der Waals surface area contributed by atoms with Crippen molar-refractivity contribution in [2.45, 2.75) is 0 Å². The van der Waals surface area contributed by atoms with Gasteiger partial charge in [0.05, 0.1) is 11.0 Å². The van der Waals surface area contributed by atoms with E-state index in [0.717, 1.165) is 0 Å². The molecular weight excluding hydrogens is 223 g/mol. The number of aromatic nitrogens is 2. The van der Waals surface area contributed by atoms with Gasteiger partial charge in [-0.15, -0.1) is 0 Å². The molecule has 0 aliphatic heterocycles. The van der Waals surface area contributed by atoms with Crippen LogP contribution in [0.2, 0.25) is 10.3 Å². The predicted molar refractivity (Wildman–Crippen MR) is 54.4 cm³/mol. The third-order valence-corrected chi connectivity index (χ3v) is 2.32. The number of hydrogen-bond donors (Lipinski definition) is 0. The molecule has 14 heavy (non-hydrogen) atoms. The highest BCUT2D eigenvalue weighted by Gasteiger charge is 2.04. The summed E-state index contributed by atoms with van der Waals surface area (Å²) in [5, 5.41) is 0.282. The minimum absolute atomic E-state index is 0.127. The SMILES string of the molecule is O=[C]c1ccc2nc(Cl)c(Cl)nc2c1. The third kappa shape index (κ3) is 1.56. The standard InChI is InChI=1S/C9H3Cl2N2O/c10-8-9(11)13-7-3-5(4-14)1-2-6(7)12-8/h1-3H. The van der Waals surface area contributed by atoms with Crippen LogP contribution in [0.3, 0.4) is 0 Å². The molecule has 0 amide bonds. The molecule has 1 aromatic heterocycles. The molecule has 0 atom stereocenters. The minimum Gasteiger partial charge on any atom is -0.285 e. The Morgan fingerprint density at radius 1 is 1.07 bits per heavy atom. The van der Waals surface area contributed by atoms with Crippen LogP contribution >= 0.6 is 23.2 Å². The van der Waals surface area contributed by atoms with E-state index < -0.39 is 0 Å². The highest BCUT2D eigenvalue weighted by molar-refractivity contribution is 6.40. The van der Waals surface area contributed by atoms with Gasteiger partial charge in [0, 0.05) is 5.56 Å². The Bertz CT molecular complexity index is 513. The molecule has 1 radical (unpaired) electrons. The van der Waals surface area contributed by atoms with E-state index >= 15 is 0 Å². The average Bonchev–Trinajstić information content (AvgIpc) is 2.19. The number of carbonyl (C=O) groups excluding carboxylic acids is 1. The van der Waals surface area contributed by atoms with Crippen LogP contribution in [0.25, 0.3) is 11.0 Å². The minimum atomic E-state index is 0.127. The van der Waals surface area contributed by atoms with Crippen molar-refractivity contribution in [3.05, 3.63) is 34.1 Å². The summed E-state index contributed by atoms with van der Waals surface area (Å²) < 4.78 is 0. The van der Waals surface area contributed by atoms with Gasteiger partial charge in [0.2, 0.25) is 6.29 Å². The van der Waals surface area contributed by atoms with E-state index in [1.165, 1.54) is 0 Å². The van der Waals surface area contributed by atoms with Gasteiger partial charge in [-0.25, -0.2) is 9.97 Å². The molecule has 0 spiro atoms. The molecule has 3 nitrogen and oxygen atoms in total. The van der Waals surface area contributed by atoms with Crippen LogP contribution in [0.15, 0.2) is 18.2 Å². The van der Waals surface area contributed by atoms with Crippen molar-refractivity contribution in [3.63, 3.8) is 0 Å². The summed E-state index contributed by atoms with van der Waals surface area (Å²) in [7, 11) is 0. The first-order chi connectivity index (χ1) is 6.70. The van der Waals surface area contributed by atoms with E-state index in [-0.39, 0.29) is 10.3 Å². The van der Waals surface area contributed by atoms with Crippen LogP contribution in [0.5, 0.6) is 0 Å². The number of hydrogen-bond acceptors (Lipinski definition) is 3. The number of halogens is 2. The Hall–Kier alpha value is -1.19. The second-order valence-electron chi connectivity index (χ2n) is 2.61. The highest BCUT2D eigenvalue weighted by Crippen LogP contribution is 2.21. The Morgan fingerprint density at radius 3 is 2.36 bits per heavy atom. The Kier molecular flexibility index (Phi) is 2.35. The highest BCUT2D eigenvalue weighted by atomic mass is 35.5. The molecule has 69 valence electrons. The van der Waals surface area contributed by atoms with Gasteiger partial charge >= 0.3 is 0 Å². The van der Waals surface area contributed by atoms with E-state index in [2.05, 4.69) is 9.97 Å². The first kappa shape index (κ1) is 9.37. The first-order valence-electron chi connectivity index (χ1n) is 3.71. The summed E-state index contributed by atoms with van der Waals surface area (Å²) in [6, 6.07) is 4.79. The van der Waals surface area contributed by atoms with E-state index in [0.29, 0.717) is 16.6 Å². The van der Waals surface area contributed by atoms with Gasteiger partial charge in [-0.1, -0.05) is 23.2 Å². The topological polar surface area (TPSA) is 42.9 Å². The van der Waals surface area contributed by atoms with Gasteiger partial charge < -0.3 is 0 Å². The summed E-state index contributed by atoms with van der Waals surface area (Å²) >= 11 is 11.4. The molecule has 0 bridgehead atoms. The summed E-state index contributed by atoms with van der Waals surface area (Å²) in [5.41, 5.74) is 1.53. The number of nitrogens with zero attached hydrogens (tertiary/aromatic N) is 2. The zero-order chi connectivity index (χ0) is 10.1. The number of fused-ring (bicyclic) bond motifs is 1. The van der Waals surface area contributed by atoms with Crippen LogP contribution in [-0.4, -0.2) is 16.3 Å². The molecule has 0 unspecified atom stereocenters. The Labute approximate surface area is 89.7 Å². The molecule has 0 aliphatic carbocycles. The Morgan fingerprint density at radius 2 is 1.71 bits per heavy atom. The maximum atomic E-state index is 10.4. The molecule has 2 aromatic rings. The molecule has 0 fully saturated rings. The quantitative estimate of drug-likeness (QED) is 0.749. The molecule has 0 aliphatic rings. The lowest BCUT2D eigenvalue weighted by atomic mass is 10.2. The maximum Gasteiger partial charge on any atom is 0.233 e. The van der Waals surface area contributed by atoms with Gasteiger partial charge in [-0.3, -0.25) is 4.79 Å². The zero-order valence-corrected chi connectivity index (χ0v) is 8.30. The van der Waals surface area contributed by atoms with E-state index in [1.54, 1.807) is 24.5 Å². The molecule has 5 heteroatoms. The average molecular weight is 226 g/mol. The van der Waals surface area contributed by atoms with Crippen LogP contribution in [0.4, 0.5) is 0 Å². The lowest BCUT2D eigenvalue weighted by Crippen LogP contribution is -1.88. The molecule has 2 rings (SSSR count). The lowest BCUT2D eigenvalue weighted by molar-refractivity contribution is 0.563. The largest absolute Gasteiger partial charge is 0.285 e. The summed E-state index contributed by atoms with van der Waals surface area (Å²) in [5.74, 6) is 0. The van der Waals surface area contributed by atoms with Gasteiger partial charge in [0.15, 0.2) is 10.3 Å². The number of rotatable bonds is 1. The van der Waals surface area contributed by atoms with Crippen molar-refractivity contribution in [2.24, 2.45) is 0 Å². The van der Waals surface area contributed by atoms with Crippen molar-refractivity contribution in [1.82, 2.24) is 9.97 Å². The van der Waals surface area contributed by atoms with Crippen molar-refractivity contribution >= 4 is 40.5 Å². The smallest absolute Gasteiger partial charge is 0.233 e. The van der Waals surface area contributed by atoms with Gasteiger partial charge in [0.1, 0.15) is 0 Å². The van der Waals surface area contributed by atoms with Crippen LogP contribution in [-0.2, 0) is 4.79 Å². The van der Waals surface area contributed by atoms with Crippen molar-refractivity contribution in [3.8, 4) is 0 Å². The molecule has 0 N–H and O–H groups in total. The van der Waals surface area contributed by atoms with Crippen LogP contribution in [0, 0.1) is 0 Å². The second kappa shape index (κ2) is 3.52. The van der Waals surface area contributed by atoms with E-state index in [9.17, 15) is 4.79 Å². The first-order valence-corrected chi connectivity index (χ1v) is 4.47. The summed E-state index contributed by atoms with van der Waals surface area (Å²) in [4.78, 5) is 18.3. The molecule has 0 saturated carbocycles. The van der Waals surface area contributed by atoms with Gasteiger partial charge in [0.25, 0.3) is 0 Å². The fraction of sp³-hybridized carbons (Fsp3) is 0. The predicted octanol–water partition coefficient (Wildman–Crippen LogP) is 2.39. The van der Waals surface area contributed by atoms with Crippen LogP contribution in [0.1, 0.15) is 5.56 Å². The fourth-order valence-corrected chi connectivity index (χ4v) is 1.34. The van der Waals surface area contributed by atoms with Crippen molar-refractivity contribution in [1.29, 1.82) is 0 Å². The molecule has 0 saturated heterocycles. The monoisotopic (exact) mass is 225 g/mol. The van der Waals surface area contributed by atoms with Crippen molar-refractivity contribution < 1.29 is 4.79 Å². The third-order valence-electron chi connectivity index (χ3n) is 1.70. The molecule has 1 aromatic carbocycles. The maximum absolute atomic E-state index is 10.4. The second-order valence-corrected chi connectivity index (χ2v) is 3.33. The zero-order valence-electron chi connectivity index (χ0n) is 6.79. The van der Waals surface area contributed by atoms with Crippen LogP contribution < -0.4 is 0 Å². The van der Waals surface area contributed by atoms with Gasteiger partial charge in [-0.05, 0) is 18.2 Å². The van der Waals surface area contributed by atoms with E-state index in [4.69, 9.17) is 23.2 Å². The summed E-state index contributed by atoms with van der Waals surface area (Å²) in [6.07, 6.45) is 1.76. The van der Waals surface area contributed by atoms with Gasteiger partial charge in [-0.2, -0.15) is 0 Å². The lowest BCUT2D eigenvalue weighted by Gasteiger charge is -1.99. The Balaban J connectivity index is 2.76. The van der Waals surface area contributed by atoms with E-state index in [1.807, 2.05) is 0 Å². The fourth-order valence-electron chi connectivity index (χ4n) is 1.07. The molecule has 1 heterocycles.